The van der Waals surface area contributed by atoms with Gasteiger partial charge in [-0.2, -0.15) is 4.31 Å². The van der Waals surface area contributed by atoms with Gasteiger partial charge in [0.05, 0.1) is 9.82 Å². The molecule has 112 valence electrons. The lowest BCUT2D eigenvalue weighted by Gasteiger charge is -2.17. The van der Waals surface area contributed by atoms with Crippen molar-refractivity contribution in [2.75, 3.05) is 13.1 Å². The van der Waals surface area contributed by atoms with E-state index in [1.807, 2.05) is 0 Å². The summed E-state index contributed by atoms with van der Waals surface area (Å²) in [6, 6.07) is 3.90. The molecule has 9 heteroatoms. The van der Waals surface area contributed by atoms with Gasteiger partial charge in [-0.25, -0.2) is 8.42 Å². The van der Waals surface area contributed by atoms with Crippen molar-refractivity contribution in [1.82, 2.24) is 4.31 Å². The number of nitrogens with two attached hydrogens (primary N) is 1. The van der Waals surface area contributed by atoms with Crippen LogP contribution < -0.4 is 5.73 Å². The molecule has 1 aromatic rings. The quantitative estimate of drug-likeness (QED) is 0.661. The van der Waals surface area contributed by atoms with Crippen LogP contribution >= 0.6 is 12.4 Å². The Bertz CT molecular complexity index is 620. The van der Waals surface area contributed by atoms with Crippen LogP contribution in [-0.4, -0.2) is 36.8 Å². The Balaban J connectivity index is 0.00000200. The van der Waals surface area contributed by atoms with Crippen molar-refractivity contribution in [3.8, 4) is 0 Å². The molecule has 0 radical (unpaired) electrons. The Hall–Kier alpha value is -1.22. The lowest BCUT2D eigenvalue weighted by Crippen LogP contribution is -2.32. The smallest absolute Gasteiger partial charge is 0.273 e. The highest BCUT2D eigenvalue weighted by atomic mass is 35.5. The summed E-state index contributed by atoms with van der Waals surface area (Å²) in [6.07, 6.45) is 0.604. The summed E-state index contributed by atoms with van der Waals surface area (Å²) < 4.78 is 26.1. The standard InChI is InChI=1S/C11H15N3O4S.ClH/c1-8-10(14(15)16)3-2-4-11(8)19(17,18)13-6-5-9(12)7-13;/h2-4,9H,5-7,12H2,1H3;1H/t9-;/m0./s1. The minimum atomic E-state index is -3.71. The first-order valence-electron chi connectivity index (χ1n) is 5.84. The van der Waals surface area contributed by atoms with E-state index in [4.69, 9.17) is 5.73 Å². The van der Waals surface area contributed by atoms with Crippen LogP contribution in [0.4, 0.5) is 5.69 Å². The molecule has 2 N–H and O–H groups in total. The molecule has 1 atom stereocenters. The van der Waals surface area contributed by atoms with E-state index in [9.17, 15) is 18.5 Å². The SMILES string of the molecule is Cc1c([N+](=O)[O-])cccc1S(=O)(=O)N1CC[C@H](N)C1.Cl. The molecule has 0 bridgehead atoms. The summed E-state index contributed by atoms with van der Waals surface area (Å²) in [4.78, 5) is 10.3. The first kappa shape index (κ1) is 16.8. The largest absolute Gasteiger partial charge is 0.326 e. The van der Waals surface area contributed by atoms with Crippen molar-refractivity contribution in [2.45, 2.75) is 24.3 Å². The molecule has 2 rings (SSSR count). The van der Waals surface area contributed by atoms with Gasteiger partial charge >= 0.3 is 0 Å². The first-order valence-corrected chi connectivity index (χ1v) is 7.28. The molecule has 0 spiro atoms. The van der Waals surface area contributed by atoms with Crippen molar-refractivity contribution in [2.24, 2.45) is 5.73 Å². The molecule has 7 nitrogen and oxygen atoms in total. The molecule has 0 unspecified atom stereocenters. The summed E-state index contributed by atoms with van der Waals surface area (Å²) in [7, 11) is -3.71. The normalized spacial score (nSPS) is 19.6. The van der Waals surface area contributed by atoms with Gasteiger partial charge in [-0.05, 0) is 19.4 Å². The number of halogens is 1. The van der Waals surface area contributed by atoms with Crippen molar-refractivity contribution >= 4 is 28.1 Å². The Labute approximate surface area is 123 Å². The van der Waals surface area contributed by atoms with E-state index in [2.05, 4.69) is 0 Å². The maximum absolute atomic E-state index is 12.4. The summed E-state index contributed by atoms with van der Waals surface area (Å²) in [5.41, 5.74) is 5.67. The predicted octanol–water partition coefficient (Wildman–Crippen LogP) is 1.05. The first-order chi connectivity index (χ1) is 8.84. The van der Waals surface area contributed by atoms with E-state index < -0.39 is 14.9 Å². The van der Waals surface area contributed by atoms with Crippen LogP contribution in [0.5, 0.6) is 0 Å². The van der Waals surface area contributed by atoms with Gasteiger partial charge in [0, 0.05) is 30.8 Å². The van der Waals surface area contributed by atoms with Crippen LogP contribution in [0.2, 0.25) is 0 Å². The Morgan fingerprint density at radius 2 is 2.10 bits per heavy atom. The third-order valence-corrected chi connectivity index (χ3v) is 5.27. The minimum Gasteiger partial charge on any atom is -0.326 e. The third kappa shape index (κ3) is 2.93. The average Bonchev–Trinajstić information content (AvgIpc) is 2.76. The highest BCUT2D eigenvalue weighted by Gasteiger charge is 2.33. The third-order valence-electron chi connectivity index (χ3n) is 3.26. The van der Waals surface area contributed by atoms with E-state index >= 15 is 0 Å². The summed E-state index contributed by atoms with van der Waals surface area (Å²) in [6.45, 7) is 2.05. The highest BCUT2D eigenvalue weighted by molar-refractivity contribution is 7.89. The Morgan fingerprint density at radius 3 is 2.60 bits per heavy atom. The molecule has 1 heterocycles. The van der Waals surface area contributed by atoms with Gasteiger partial charge < -0.3 is 5.73 Å². The number of rotatable bonds is 3. The van der Waals surface area contributed by atoms with Gasteiger partial charge in [0.25, 0.3) is 5.69 Å². The second-order valence-electron chi connectivity index (χ2n) is 4.57. The van der Waals surface area contributed by atoms with Crippen molar-refractivity contribution in [3.05, 3.63) is 33.9 Å². The van der Waals surface area contributed by atoms with Crippen LogP contribution in [0.15, 0.2) is 23.1 Å². The zero-order valence-corrected chi connectivity index (χ0v) is 12.5. The molecule has 0 aliphatic carbocycles. The van der Waals surface area contributed by atoms with E-state index in [-0.39, 0.29) is 41.1 Å². The second kappa shape index (κ2) is 6.04. The zero-order chi connectivity index (χ0) is 14.2. The van der Waals surface area contributed by atoms with Crippen molar-refractivity contribution in [3.63, 3.8) is 0 Å². The number of nitro benzene ring substituents is 1. The van der Waals surface area contributed by atoms with Crippen LogP contribution in [-0.2, 0) is 10.0 Å². The molecule has 1 aliphatic rings. The predicted molar refractivity (Wildman–Crippen MR) is 76.4 cm³/mol. The van der Waals surface area contributed by atoms with Crippen LogP contribution in [0.25, 0.3) is 0 Å². The van der Waals surface area contributed by atoms with E-state index in [0.29, 0.717) is 13.0 Å². The molecule has 0 amide bonds. The van der Waals surface area contributed by atoms with Gasteiger partial charge in [-0.1, -0.05) is 6.07 Å². The van der Waals surface area contributed by atoms with E-state index in [1.54, 1.807) is 0 Å². The number of sulfonamides is 1. The fourth-order valence-corrected chi connectivity index (χ4v) is 3.95. The summed E-state index contributed by atoms with van der Waals surface area (Å²) >= 11 is 0. The van der Waals surface area contributed by atoms with E-state index in [0.717, 1.165) is 0 Å². The lowest BCUT2D eigenvalue weighted by molar-refractivity contribution is -0.385. The molecule has 1 aromatic carbocycles. The topological polar surface area (TPSA) is 107 Å². The summed E-state index contributed by atoms with van der Waals surface area (Å²) in [5.74, 6) is 0. The highest BCUT2D eigenvalue weighted by Crippen LogP contribution is 2.28. The van der Waals surface area contributed by atoms with E-state index in [1.165, 1.54) is 29.4 Å². The number of hydrogen-bond acceptors (Lipinski definition) is 5. The monoisotopic (exact) mass is 321 g/mol. The van der Waals surface area contributed by atoms with Crippen molar-refractivity contribution in [1.29, 1.82) is 0 Å². The summed E-state index contributed by atoms with van der Waals surface area (Å²) in [5, 5.41) is 10.9. The maximum atomic E-state index is 12.4. The number of nitrogens with zero attached hydrogens (tertiary/aromatic N) is 2. The van der Waals surface area contributed by atoms with Gasteiger partial charge in [-0.15, -0.1) is 12.4 Å². The fourth-order valence-electron chi connectivity index (χ4n) is 2.19. The van der Waals surface area contributed by atoms with Gasteiger partial charge in [0.15, 0.2) is 0 Å². The minimum absolute atomic E-state index is 0. The molecule has 20 heavy (non-hydrogen) atoms. The molecular formula is C11H16ClN3O4S. The lowest BCUT2D eigenvalue weighted by atomic mass is 10.2. The fraction of sp³-hybridized carbons (Fsp3) is 0.455. The molecular weight excluding hydrogens is 306 g/mol. The molecule has 0 saturated carbocycles. The number of nitro groups is 1. The maximum Gasteiger partial charge on any atom is 0.273 e. The average molecular weight is 322 g/mol. The zero-order valence-electron chi connectivity index (χ0n) is 10.9. The van der Waals surface area contributed by atoms with Crippen molar-refractivity contribution < 1.29 is 13.3 Å². The van der Waals surface area contributed by atoms with Gasteiger partial charge in [0.1, 0.15) is 0 Å². The van der Waals surface area contributed by atoms with Crippen LogP contribution in [0.3, 0.4) is 0 Å². The Kier molecular flexibility index (Phi) is 5.09. The molecule has 1 saturated heterocycles. The van der Waals surface area contributed by atoms with Gasteiger partial charge in [0.2, 0.25) is 10.0 Å². The van der Waals surface area contributed by atoms with Gasteiger partial charge in [-0.3, -0.25) is 10.1 Å². The second-order valence-corrected chi connectivity index (χ2v) is 6.48. The molecule has 1 fully saturated rings. The molecule has 0 aromatic heterocycles. The van der Waals surface area contributed by atoms with Crippen LogP contribution in [0.1, 0.15) is 12.0 Å². The van der Waals surface area contributed by atoms with Crippen LogP contribution in [0, 0.1) is 17.0 Å². The number of hydrogen-bond donors (Lipinski definition) is 1. The Morgan fingerprint density at radius 1 is 1.45 bits per heavy atom. The molecule has 1 aliphatic heterocycles. The number of benzene rings is 1.